The number of likely N-dealkylation sites (tertiary alicyclic amines) is 1. The number of nitrogens with zero attached hydrogens (tertiary/aromatic N) is 3. The highest BCUT2D eigenvalue weighted by molar-refractivity contribution is 5.91. The molecule has 0 aliphatic carbocycles. The van der Waals surface area contributed by atoms with E-state index in [4.69, 9.17) is 4.52 Å². The number of β-amino-alcohol motifs (C(OH)–C–C–N with tert-alkyl or cyclic N) is 1. The van der Waals surface area contributed by atoms with Crippen molar-refractivity contribution >= 4 is 5.91 Å². The first-order valence-electron chi connectivity index (χ1n) is 7.70. The van der Waals surface area contributed by atoms with Gasteiger partial charge in [-0.25, -0.2) is 0 Å². The Balaban J connectivity index is 1.57. The minimum Gasteiger partial charge on any atom is -0.387 e. The van der Waals surface area contributed by atoms with Crippen molar-refractivity contribution < 1.29 is 14.4 Å². The molecule has 1 aromatic carbocycles. The fourth-order valence-corrected chi connectivity index (χ4v) is 3.08. The monoisotopic (exact) mass is 315 g/mol. The van der Waals surface area contributed by atoms with Gasteiger partial charge in [-0.1, -0.05) is 35.5 Å². The Bertz CT molecular complexity index is 644. The number of likely N-dealkylation sites (N-methyl/N-ethyl adjacent to an activating group) is 1. The largest absolute Gasteiger partial charge is 0.387 e. The van der Waals surface area contributed by atoms with Crippen molar-refractivity contribution in [2.45, 2.75) is 18.6 Å². The maximum atomic E-state index is 12.2. The molecule has 3 rings (SSSR count). The van der Waals surface area contributed by atoms with Gasteiger partial charge in [-0.2, -0.15) is 0 Å². The standard InChI is InChI=1S/C17H21N3O3/c1-19(16(21)15-7-10-23-18-15)12-17(22)8-9-20(13-17)11-14-5-3-2-4-6-14/h2-7,10,22H,8-9,11-13H2,1H3/t17-/m1/s1. The summed E-state index contributed by atoms with van der Waals surface area (Å²) >= 11 is 0. The van der Waals surface area contributed by atoms with E-state index in [-0.39, 0.29) is 18.1 Å². The summed E-state index contributed by atoms with van der Waals surface area (Å²) in [7, 11) is 1.68. The molecule has 1 saturated heterocycles. The van der Waals surface area contributed by atoms with Crippen LogP contribution in [0.4, 0.5) is 0 Å². The van der Waals surface area contributed by atoms with Crippen molar-refractivity contribution in [3.05, 3.63) is 53.9 Å². The molecule has 1 amide bonds. The van der Waals surface area contributed by atoms with Crippen LogP contribution in [-0.2, 0) is 6.54 Å². The molecular formula is C17H21N3O3. The summed E-state index contributed by atoms with van der Waals surface area (Å²) in [5.41, 5.74) is 0.599. The molecule has 0 bridgehead atoms. The number of aliphatic hydroxyl groups is 1. The van der Waals surface area contributed by atoms with Crippen LogP contribution < -0.4 is 0 Å². The van der Waals surface area contributed by atoms with Crippen LogP contribution >= 0.6 is 0 Å². The van der Waals surface area contributed by atoms with Gasteiger partial charge in [0.1, 0.15) is 6.26 Å². The second-order valence-electron chi connectivity index (χ2n) is 6.22. The Morgan fingerprint density at radius 3 is 2.87 bits per heavy atom. The van der Waals surface area contributed by atoms with E-state index < -0.39 is 5.60 Å². The number of hydrogen-bond acceptors (Lipinski definition) is 5. The van der Waals surface area contributed by atoms with Crippen LogP contribution in [0.3, 0.4) is 0 Å². The number of amides is 1. The predicted molar refractivity (Wildman–Crippen MR) is 84.7 cm³/mol. The molecular weight excluding hydrogens is 294 g/mol. The first-order chi connectivity index (χ1) is 11.1. The Labute approximate surface area is 135 Å². The van der Waals surface area contributed by atoms with Gasteiger partial charge in [-0.15, -0.1) is 0 Å². The Kier molecular flexibility index (Phi) is 4.45. The maximum absolute atomic E-state index is 12.2. The van der Waals surface area contributed by atoms with Gasteiger partial charge in [0.2, 0.25) is 0 Å². The van der Waals surface area contributed by atoms with Crippen molar-refractivity contribution in [3.8, 4) is 0 Å². The van der Waals surface area contributed by atoms with Crippen LogP contribution in [0.5, 0.6) is 0 Å². The molecule has 23 heavy (non-hydrogen) atoms. The minimum absolute atomic E-state index is 0.242. The fourth-order valence-electron chi connectivity index (χ4n) is 3.08. The summed E-state index contributed by atoms with van der Waals surface area (Å²) < 4.78 is 4.70. The molecule has 1 atom stereocenters. The molecule has 1 aromatic heterocycles. The van der Waals surface area contributed by atoms with Gasteiger partial charge in [0.25, 0.3) is 5.91 Å². The summed E-state index contributed by atoms with van der Waals surface area (Å²) in [5, 5.41) is 14.4. The Morgan fingerprint density at radius 1 is 1.39 bits per heavy atom. The second-order valence-corrected chi connectivity index (χ2v) is 6.22. The number of hydrogen-bond donors (Lipinski definition) is 1. The smallest absolute Gasteiger partial charge is 0.275 e. The molecule has 2 aromatic rings. The first-order valence-corrected chi connectivity index (χ1v) is 7.70. The molecule has 6 heteroatoms. The lowest BCUT2D eigenvalue weighted by molar-refractivity contribution is 0.0167. The van der Waals surface area contributed by atoms with Crippen LogP contribution in [0.2, 0.25) is 0 Å². The zero-order valence-corrected chi connectivity index (χ0v) is 13.2. The van der Waals surface area contributed by atoms with Gasteiger partial charge in [0.15, 0.2) is 5.69 Å². The summed E-state index contributed by atoms with van der Waals surface area (Å²) in [6.45, 7) is 2.46. The molecule has 0 spiro atoms. The third-order valence-electron chi connectivity index (χ3n) is 4.20. The van der Waals surface area contributed by atoms with Crippen molar-refractivity contribution in [2.24, 2.45) is 0 Å². The quantitative estimate of drug-likeness (QED) is 0.903. The van der Waals surface area contributed by atoms with Crippen molar-refractivity contribution in [1.29, 1.82) is 0 Å². The van der Waals surface area contributed by atoms with E-state index in [1.54, 1.807) is 7.05 Å². The van der Waals surface area contributed by atoms with Gasteiger partial charge in [-0.05, 0) is 12.0 Å². The number of aromatic nitrogens is 1. The number of rotatable bonds is 5. The number of carbonyl (C=O) groups is 1. The van der Waals surface area contributed by atoms with Crippen molar-refractivity contribution in [2.75, 3.05) is 26.7 Å². The lowest BCUT2D eigenvalue weighted by atomic mass is 10.0. The van der Waals surface area contributed by atoms with E-state index in [9.17, 15) is 9.90 Å². The van der Waals surface area contributed by atoms with E-state index in [0.717, 1.165) is 13.1 Å². The summed E-state index contributed by atoms with van der Waals surface area (Å²) in [6.07, 6.45) is 2.02. The van der Waals surface area contributed by atoms with Crippen molar-refractivity contribution in [1.82, 2.24) is 15.0 Å². The predicted octanol–water partition coefficient (Wildman–Crippen LogP) is 1.38. The molecule has 2 heterocycles. The molecule has 122 valence electrons. The van der Waals surface area contributed by atoms with Crippen LogP contribution in [-0.4, -0.2) is 58.3 Å². The highest BCUT2D eigenvalue weighted by Crippen LogP contribution is 2.24. The first kappa shape index (κ1) is 15.7. The molecule has 0 radical (unpaired) electrons. The maximum Gasteiger partial charge on any atom is 0.275 e. The molecule has 0 unspecified atom stereocenters. The second kappa shape index (κ2) is 6.52. The molecule has 1 aliphatic rings. The molecule has 6 nitrogen and oxygen atoms in total. The van der Waals surface area contributed by atoms with Gasteiger partial charge in [-0.3, -0.25) is 9.69 Å². The number of benzene rings is 1. The normalized spacial score (nSPS) is 21.5. The molecule has 1 aliphatic heterocycles. The lowest BCUT2D eigenvalue weighted by Gasteiger charge is -2.28. The highest BCUT2D eigenvalue weighted by Gasteiger charge is 2.38. The third kappa shape index (κ3) is 3.78. The van der Waals surface area contributed by atoms with E-state index in [0.29, 0.717) is 13.0 Å². The Hall–Kier alpha value is -2.18. The van der Waals surface area contributed by atoms with Crippen molar-refractivity contribution in [3.63, 3.8) is 0 Å². The summed E-state index contributed by atoms with van der Waals surface area (Å²) in [5.74, 6) is -0.242. The van der Waals surface area contributed by atoms with E-state index in [1.807, 2.05) is 18.2 Å². The van der Waals surface area contributed by atoms with Crippen LogP contribution in [0.1, 0.15) is 22.5 Å². The lowest BCUT2D eigenvalue weighted by Crippen LogP contribution is -2.45. The Morgan fingerprint density at radius 2 is 2.17 bits per heavy atom. The van der Waals surface area contributed by atoms with E-state index >= 15 is 0 Å². The average Bonchev–Trinajstić information content (AvgIpc) is 3.18. The summed E-state index contributed by atoms with van der Waals surface area (Å²) in [6, 6.07) is 11.7. The molecule has 0 saturated carbocycles. The SMILES string of the molecule is CN(C[C@]1(O)CCN(Cc2ccccc2)C1)C(=O)c1ccon1. The highest BCUT2D eigenvalue weighted by atomic mass is 16.5. The zero-order valence-electron chi connectivity index (χ0n) is 13.2. The van der Waals surface area contributed by atoms with Gasteiger partial charge in [0, 0.05) is 32.7 Å². The van der Waals surface area contributed by atoms with Crippen LogP contribution in [0, 0.1) is 0 Å². The average molecular weight is 315 g/mol. The summed E-state index contributed by atoms with van der Waals surface area (Å²) in [4.78, 5) is 15.9. The van der Waals surface area contributed by atoms with Gasteiger partial charge >= 0.3 is 0 Å². The molecule has 1 fully saturated rings. The van der Waals surface area contributed by atoms with Crippen LogP contribution in [0.15, 0.2) is 47.2 Å². The topological polar surface area (TPSA) is 69.8 Å². The fraction of sp³-hybridized carbons (Fsp3) is 0.412. The van der Waals surface area contributed by atoms with Crippen LogP contribution in [0.25, 0.3) is 0 Å². The third-order valence-corrected chi connectivity index (χ3v) is 4.20. The zero-order chi connectivity index (χ0) is 16.3. The molecule has 1 N–H and O–H groups in total. The van der Waals surface area contributed by atoms with E-state index in [1.165, 1.54) is 22.8 Å². The number of carbonyl (C=O) groups excluding carboxylic acids is 1. The van der Waals surface area contributed by atoms with E-state index in [2.05, 4.69) is 22.2 Å². The van der Waals surface area contributed by atoms with Gasteiger partial charge < -0.3 is 14.5 Å². The minimum atomic E-state index is -0.886. The van der Waals surface area contributed by atoms with Gasteiger partial charge in [0.05, 0.1) is 12.1 Å².